The molecule has 3 unspecified atom stereocenters. The maximum Gasteiger partial charge on any atom is 0.308 e. The van der Waals surface area contributed by atoms with Gasteiger partial charge in [-0.15, -0.1) is 0 Å². The number of esters is 1. The first-order valence-corrected chi connectivity index (χ1v) is 5.69. The van der Waals surface area contributed by atoms with E-state index in [0.29, 0.717) is 12.5 Å². The Kier molecular flexibility index (Phi) is 4.15. The number of carbonyl (C=O) groups excluding carboxylic acids is 1. The first-order valence-electron chi connectivity index (χ1n) is 5.69. The number of hydrogen-bond acceptors (Lipinski definition) is 5. The fourth-order valence-electron chi connectivity index (χ4n) is 2.05. The van der Waals surface area contributed by atoms with E-state index in [0.717, 1.165) is 26.1 Å². The van der Waals surface area contributed by atoms with Crippen LogP contribution in [0, 0.1) is 5.92 Å². The summed E-state index contributed by atoms with van der Waals surface area (Å²) in [6.07, 6.45) is 1.87. The Morgan fingerprint density at radius 3 is 3.00 bits per heavy atom. The molecule has 2 fully saturated rings. The molecule has 0 aromatic carbocycles. The zero-order chi connectivity index (χ0) is 11.4. The summed E-state index contributed by atoms with van der Waals surface area (Å²) in [7, 11) is 1.38. The highest BCUT2D eigenvalue weighted by atomic mass is 16.7. The van der Waals surface area contributed by atoms with Crippen LogP contribution < -0.4 is 0 Å². The molecule has 2 rings (SSSR count). The molecule has 0 spiro atoms. The lowest BCUT2D eigenvalue weighted by Gasteiger charge is -2.14. The van der Waals surface area contributed by atoms with Crippen LogP contribution in [0.25, 0.3) is 0 Å². The van der Waals surface area contributed by atoms with Crippen LogP contribution in [-0.2, 0) is 23.7 Å². The van der Waals surface area contributed by atoms with E-state index in [4.69, 9.17) is 14.2 Å². The summed E-state index contributed by atoms with van der Waals surface area (Å²) in [5.41, 5.74) is 0. The first kappa shape index (κ1) is 11.8. The van der Waals surface area contributed by atoms with E-state index in [-0.39, 0.29) is 24.8 Å². The van der Waals surface area contributed by atoms with Crippen LogP contribution in [0.5, 0.6) is 0 Å². The molecule has 0 radical (unpaired) electrons. The number of rotatable bonds is 4. The van der Waals surface area contributed by atoms with Crippen molar-refractivity contribution in [3.63, 3.8) is 0 Å². The lowest BCUT2D eigenvalue weighted by Crippen LogP contribution is -2.19. The van der Waals surface area contributed by atoms with Crippen molar-refractivity contribution in [2.24, 2.45) is 5.92 Å². The molecule has 0 aromatic heterocycles. The lowest BCUT2D eigenvalue weighted by molar-refractivity contribution is -0.144. The van der Waals surface area contributed by atoms with E-state index in [1.54, 1.807) is 0 Å². The van der Waals surface area contributed by atoms with E-state index in [1.165, 1.54) is 7.11 Å². The van der Waals surface area contributed by atoms with Gasteiger partial charge in [0.05, 0.1) is 26.2 Å². The standard InChI is InChI=1S/C11H18O5/c1-13-10(12)5-9-7-15-11(16-9)4-8-2-3-14-6-8/h8-9,11H,2-7H2,1H3. The Labute approximate surface area is 95.0 Å². The van der Waals surface area contributed by atoms with Gasteiger partial charge in [0.1, 0.15) is 0 Å². The molecule has 0 saturated carbocycles. The third-order valence-electron chi connectivity index (χ3n) is 2.98. The first-order chi connectivity index (χ1) is 7.78. The minimum absolute atomic E-state index is 0.153. The quantitative estimate of drug-likeness (QED) is 0.666. The highest BCUT2D eigenvalue weighted by Gasteiger charge is 2.31. The summed E-state index contributed by atoms with van der Waals surface area (Å²) < 4.78 is 21.0. The Balaban J connectivity index is 1.68. The van der Waals surface area contributed by atoms with Crippen molar-refractivity contribution in [1.29, 1.82) is 0 Å². The van der Waals surface area contributed by atoms with Gasteiger partial charge < -0.3 is 18.9 Å². The largest absolute Gasteiger partial charge is 0.469 e. The molecule has 2 aliphatic rings. The van der Waals surface area contributed by atoms with Crippen molar-refractivity contribution in [2.75, 3.05) is 26.9 Å². The third-order valence-corrected chi connectivity index (χ3v) is 2.98. The highest BCUT2D eigenvalue weighted by molar-refractivity contribution is 5.69. The average molecular weight is 230 g/mol. The molecule has 2 aliphatic heterocycles. The van der Waals surface area contributed by atoms with Crippen molar-refractivity contribution >= 4 is 5.97 Å². The normalized spacial score (nSPS) is 34.2. The number of ether oxygens (including phenoxy) is 4. The Morgan fingerprint density at radius 1 is 1.44 bits per heavy atom. The van der Waals surface area contributed by atoms with Gasteiger partial charge in [-0.1, -0.05) is 0 Å². The second kappa shape index (κ2) is 5.61. The van der Waals surface area contributed by atoms with Gasteiger partial charge in [0.25, 0.3) is 0 Å². The summed E-state index contributed by atoms with van der Waals surface area (Å²) in [5, 5.41) is 0. The summed E-state index contributed by atoms with van der Waals surface area (Å²) in [6, 6.07) is 0. The predicted octanol–water partition coefficient (Wildman–Crippen LogP) is 0.718. The van der Waals surface area contributed by atoms with Crippen molar-refractivity contribution < 1.29 is 23.7 Å². The predicted molar refractivity (Wildman–Crippen MR) is 54.8 cm³/mol. The topological polar surface area (TPSA) is 54.0 Å². The molecule has 0 aliphatic carbocycles. The Hall–Kier alpha value is -0.650. The smallest absolute Gasteiger partial charge is 0.308 e. The molecule has 5 nitrogen and oxygen atoms in total. The van der Waals surface area contributed by atoms with Crippen molar-refractivity contribution in [1.82, 2.24) is 0 Å². The van der Waals surface area contributed by atoms with Gasteiger partial charge in [0.2, 0.25) is 0 Å². The van der Waals surface area contributed by atoms with E-state index in [2.05, 4.69) is 4.74 Å². The van der Waals surface area contributed by atoms with Crippen LogP contribution in [0.1, 0.15) is 19.3 Å². The molecule has 2 saturated heterocycles. The monoisotopic (exact) mass is 230 g/mol. The van der Waals surface area contributed by atoms with Gasteiger partial charge in [-0.05, 0) is 12.3 Å². The van der Waals surface area contributed by atoms with Crippen molar-refractivity contribution in [2.45, 2.75) is 31.7 Å². The van der Waals surface area contributed by atoms with Crippen LogP contribution in [-0.4, -0.2) is 45.3 Å². The van der Waals surface area contributed by atoms with E-state index < -0.39 is 0 Å². The van der Waals surface area contributed by atoms with Crippen LogP contribution in [0.15, 0.2) is 0 Å². The van der Waals surface area contributed by atoms with E-state index >= 15 is 0 Å². The Bertz CT molecular complexity index is 237. The SMILES string of the molecule is COC(=O)CC1COC(CC2CCOC2)O1. The third kappa shape index (κ3) is 3.17. The van der Waals surface area contributed by atoms with Gasteiger partial charge in [-0.2, -0.15) is 0 Å². The summed E-state index contributed by atoms with van der Waals surface area (Å²) in [4.78, 5) is 11.0. The number of hydrogen-bond donors (Lipinski definition) is 0. The maximum absolute atomic E-state index is 11.0. The molecule has 0 aromatic rings. The molecule has 92 valence electrons. The summed E-state index contributed by atoms with van der Waals surface area (Å²) in [6.45, 7) is 2.11. The minimum atomic E-state index is -0.251. The highest BCUT2D eigenvalue weighted by Crippen LogP contribution is 2.25. The van der Waals surface area contributed by atoms with Gasteiger partial charge in [-0.25, -0.2) is 0 Å². The van der Waals surface area contributed by atoms with Gasteiger partial charge in [0.15, 0.2) is 6.29 Å². The molecule has 0 amide bonds. The maximum atomic E-state index is 11.0. The Morgan fingerprint density at radius 2 is 2.31 bits per heavy atom. The van der Waals surface area contributed by atoms with Crippen LogP contribution >= 0.6 is 0 Å². The number of carbonyl (C=O) groups is 1. The molecule has 16 heavy (non-hydrogen) atoms. The lowest BCUT2D eigenvalue weighted by atomic mass is 10.1. The molecule has 0 bridgehead atoms. The van der Waals surface area contributed by atoms with Crippen LogP contribution in [0.2, 0.25) is 0 Å². The molecular weight excluding hydrogens is 212 g/mol. The zero-order valence-corrected chi connectivity index (χ0v) is 9.52. The zero-order valence-electron chi connectivity index (χ0n) is 9.52. The average Bonchev–Trinajstić information content (AvgIpc) is 2.91. The molecule has 5 heteroatoms. The minimum Gasteiger partial charge on any atom is -0.469 e. The summed E-state index contributed by atoms with van der Waals surface area (Å²) >= 11 is 0. The van der Waals surface area contributed by atoms with Crippen LogP contribution in [0.3, 0.4) is 0 Å². The van der Waals surface area contributed by atoms with Crippen LogP contribution in [0.4, 0.5) is 0 Å². The number of methoxy groups -OCH3 is 1. The second-order valence-electron chi connectivity index (χ2n) is 4.27. The molecular formula is C11H18O5. The fourth-order valence-corrected chi connectivity index (χ4v) is 2.05. The fraction of sp³-hybridized carbons (Fsp3) is 0.909. The molecule has 0 N–H and O–H groups in total. The van der Waals surface area contributed by atoms with Gasteiger partial charge in [0, 0.05) is 19.6 Å². The second-order valence-corrected chi connectivity index (χ2v) is 4.27. The van der Waals surface area contributed by atoms with Crippen molar-refractivity contribution in [3.8, 4) is 0 Å². The molecule has 2 heterocycles. The van der Waals surface area contributed by atoms with Gasteiger partial charge >= 0.3 is 5.97 Å². The molecule has 3 atom stereocenters. The van der Waals surface area contributed by atoms with E-state index in [9.17, 15) is 4.79 Å². The van der Waals surface area contributed by atoms with E-state index in [1.807, 2.05) is 0 Å². The van der Waals surface area contributed by atoms with Gasteiger partial charge in [-0.3, -0.25) is 4.79 Å². The van der Waals surface area contributed by atoms with Crippen molar-refractivity contribution in [3.05, 3.63) is 0 Å². The summed E-state index contributed by atoms with van der Waals surface area (Å²) in [5.74, 6) is 0.278.